The van der Waals surface area contributed by atoms with Gasteiger partial charge in [-0.2, -0.15) is 0 Å². The van der Waals surface area contributed by atoms with Crippen molar-refractivity contribution in [3.63, 3.8) is 0 Å². The van der Waals surface area contributed by atoms with E-state index in [1.165, 1.54) is 21.9 Å². The van der Waals surface area contributed by atoms with Gasteiger partial charge in [0.15, 0.2) is 5.54 Å². The summed E-state index contributed by atoms with van der Waals surface area (Å²) in [5.41, 5.74) is 0.169. The first kappa shape index (κ1) is 23.3. The van der Waals surface area contributed by atoms with Gasteiger partial charge < -0.3 is 9.84 Å². The Hall–Kier alpha value is -2.89. The van der Waals surface area contributed by atoms with Gasteiger partial charge in [-0.15, -0.1) is 0 Å². The van der Waals surface area contributed by atoms with Crippen molar-refractivity contribution < 1.29 is 24.2 Å². The number of carboxylic acids is 1. The van der Waals surface area contributed by atoms with Gasteiger partial charge in [0.2, 0.25) is 5.91 Å². The Bertz CT molecular complexity index is 1100. The summed E-state index contributed by atoms with van der Waals surface area (Å²) in [6.07, 6.45) is 2.94. The Morgan fingerprint density at radius 3 is 2.42 bits per heavy atom. The van der Waals surface area contributed by atoms with Gasteiger partial charge in [-0.1, -0.05) is 43.3 Å². The van der Waals surface area contributed by atoms with Crippen molar-refractivity contribution in [2.45, 2.75) is 83.3 Å². The van der Waals surface area contributed by atoms with E-state index in [1.54, 1.807) is 27.7 Å². The molecule has 6 heteroatoms. The van der Waals surface area contributed by atoms with E-state index in [9.17, 15) is 19.5 Å². The molecule has 0 saturated carbocycles. The lowest BCUT2D eigenvalue weighted by molar-refractivity contribution is -0.153. The molecule has 2 amide bonds. The maximum atomic E-state index is 13.5. The van der Waals surface area contributed by atoms with Gasteiger partial charge in [0, 0.05) is 5.92 Å². The van der Waals surface area contributed by atoms with Crippen LogP contribution in [0.5, 0.6) is 0 Å². The Morgan fingerprint density at radius 1 is 1.15 bits per heavy atom. The van der Waals surface area contributed by atoms with Crippen molar-refractivity contribution in [1.29, 1.82) is 0 Å². The number of hydrogen-bond acceptors (Lipinski definition) is 4. The summed E-state index contributed by atoms with van der Waals surface area (Å²) in [4.78, 5) is 39.7. The molecule has 2 aromatic carbocycles. The number of aryl methyl sites for hydroxylation is 1. The molecule has 1 saturated heterocycles. The minimum Gasteiger partial charge on any atom is -0.479 e. The minimum atomic E-state index is -1.56. The summed E-state index contributed by atoms with van der Waals surface area (Å²) in [6.45, 7) is 6.84. The molecule has 2 aliphatic rings. The van der Waals surface area contributed by atoms with Crippen molar-refractivity contribution in [3.8, 4) is 0 Å². The molecule has 1 N–H and O–H groups in total. The number of nitrogens with zero attached hydrogens (tertiary/aromatic N) is 1. The first-order valence-electron chi connectivity index (χ1n) is 11.9. The third-order valence-corrected chi connectivity index (χ3v) is 7.16. The molecule has 0 spiro atoms. The van der Waals surface area contributed by atoms with Crippen LogP contribution in [-0.2, 0) is 20.7 Å². The highest BCUT2D eigenvalue weighted by atomic mass is 16.6. The van der Waals surface area contributed by atoms with Crippen LogP contribution in [0.15, 0.2) is 36.4 Å². The second kappa shape index (κ2) is 8.47. The molecule has 1 fully saturated rings. The standard InChI is InChI=1S/C27H33NO5/c1-5-27(24(30)31)16-21(23(29)28(27)25(32)33-26(2,3)4)14-20-12-8-11-19-13-17-9-6-7-10-18(17)15-22(19)20/h6-7,9-10,13,15,20-21H,5,8,11-12,14,16H2,1-4H3,(H,30,31)/t20?,21-,27-/m0/s1. The zero-order valence-corrected chi connectivity index (χ0v) is 19.9. The predicted octanol–water partition coefficient (Wildman–Crippen LogP) is 5.67. The van der Waals surface area contributed by atoms with Gasteiger partial charge >= 0.3 is 12.1 Å². The van der Waals surface area contributed by atoms with Gasteiger partial charge in [-0.3, -0.25) is 4.79 Å². The normalized spacial score (nSPS) is 25.2. The highest BCUT2D eigenvalue weighted by Crippen LogP contribution is 2.45. The number of benzene rings is 2. The maximum absolute atomic E-state index is 13.5. The summed E-state index contributed by atoms with van der Waals surface area (Å²) in [5.74, 6) is -1.95. The van der Waals surface area contributed by atoms with Crippen LogP contribution in [0, 0.1) is 5.92 Å². The molecule has 0 radical (unpaired) electrons. The Kier molecular flexibility index (Phi) is 5.97. The lowest BCUT2D eigenvalue weighted by atomic mass is 9.76. The van der Waals surface area contributed by atoms with Crippen molar-refractivity contribution in [1.82, 2.24) is 4.90 Å². The first-order valence-corrected chi connectivity index (χ1v) is 11.9. The van der Waals surface area contributed by atoms with Gasteiger partial charge in [0.05, 0.1) is 0 Å². The van der Waals surface area contributed by atoms with Crippen molar-refractivity contribution in [3.05, 3.63) is 47.5 Å². The molecule has 2 aromatic rings. The smallest absolute Gasteiger partial charge is 0.418 e. The Labute approximate surface area is 194 Å². The molecule has 3 atom stereocenters. The zero-order valence-electron chi connectivity index (χ0n) is 19.9. The van der Waals surface area contributed by atoms with Crippen molar-refractivity contribution >= 4 is 28.7 Å². The summed E-state index contributed by atoms with van der Waals surface area (Å²) in [6, 6.07) is 12.7. The zero-order chi connectivity index (χ0) is 24.0. The van der Waals surface area contributed by atoms with Crippen LogP contribution in [0.3, 0.4) is 0 Å². The number of carbonyl (C=O) groups is 3. The third-order valence-electron chi connectivity index (χ3n) is 7.16. The van der Waals surface area contributed by atoms with Crippen molar-refractivity contribution in [2.24, 2.45) is 5.92 Å². The number of aliphatic carboxylic acids is 1. The monoisotopic (exact) mass is 451 g/mol. The molecular formula is C27H33NO5. The molecule has 176 valence electrons. The SMILES string of the molecule is CC[C@@]1(C(=O)O)C[C@H](CC2CCCc3cc4ccccc4cc32)C(=O)N1C(=O)OC(C)(C)C. The van der Waals surface area contributed by atoms with E-state index in [2.05, 4.69) is 24.3 Å². The van der Waals surface area contributed by atoms with Gasteiger partial charge in [-0.05, 0) is 87.1 Å². The topological polar surface area (TPSA) is 83.9 Å². The van der Waals surface area contributed by atoms with Gasteiger partial charge in [0.25, 0.3) is 0 Å². The average molecular weight is 452 g/mol. The van der Waals surface area contributed by atoms with E-state index in [4.69, 9.17) is 4.74 Å². The van der Waals surface area contributed by atoms with E-state index < -0.39 is 35.0 Å². The fraction of sp³-hybridized carbons (Fsp3) is 0.519. The van der Waals surface area contributed by atoms with E-state index in [0.717, 1.165) is 24.2 Å². The predicted molar refractivity (Wildman–Crippen MR) is 126 cm³/mol. The van der Waals surface area contributed by atoms with Crippen LogP contribution < -0.4 is 0 Å². The van der Waals surface area contributed by atoms with E-state index in [0.29, 0.717) is 6.42 Å². The summed E-state index contributed by atoms with van der Waals surface area (Å²) in [5, 5.41) is 12.5. The van der Waals surface area contributed by atoms with Crippen LogP contribution in [0.2, 0.25) is 0 Å². The minimum absolute atomic E-state index is 0.121. The van der Waals surface area contributed by atoms with Crippen molar-refractivity contribution in [2.75, 3.05) is 0 Å². The lowest BCUT2D eigenvalue weighted by Crippen LogP contribution is -2.55. The fourth-order valence-electron chi connectivity index (χ4n) is 5.56. The molecule has 6 nitrogen and oxygen atoms in total. The maximum Gasteiger partial charge on any atom is 0.418 e. The molecule has 4 rings (SSSR count). The summed E-state index contributed by atoms with van der Waals surface area (Å²) in [7, 11) is 0. The van der Waals surface area contributed by atoms with E-state index in [-0.39, 0.29) is 18.8 Å². The number of ether oxygens (including phenoxy) is 1. The number of hydrogen-bond donors (Lipinski definition) is 1. The fourth-order valence-corrected chi connectivity index (χ4v) is 5.56. The molecule has 0 bridgehead atoms. The van der Waals surface area contributed by atoms with Crippen LogP contribution in [0.4, 0.5) is 4.79 Å². The number of carboxylic acid groups (broad SMARTS) is 1. The molecule has 1 aliphatic carbocycles. The molecule has 33 heavy (non-hydrogen) atoms. The van der Waals surface area contributed by atoms with E-state index >= 15 is 0 Å². The average Bonchev–Trinajstić information content (AvgIpc) is 3.04. The summed E-state index contributed by atoms with van der Waals surface area (Å²) < 4.78 is 5.44. The number of amides is 2. The molecule has 1 heterocycles. The molecule has 1 unspecified atom stereocenters. The Morgan fingerprint density at radius 2 is 1.82 bits per heavy atom. The van der Waals surface area contributed by atoms with E-state index in [1.807, 2.05) is 12.1 Å². The van der Waals surface area contributed by atoms with Crippen LogP contribution in [0.1, 0.15) is 76.8 Å². The Balaban J connectivity index is 1.65. The summed E-state index contributed by atoms with van der Waals surface area (Å²) >= 11 is 0. The quantitative estimate of drug-likeness (QED) is 0.648. The molecular weight excluding hydrogens is 418 g/mol. The largest absolute Gasteiger partial charge is 0.479 e. The lowest BCUT2D eigenvalue weighted by Gasteiger charge is -2.33. The third kappa shape index (κ3) is 4.23. The van der Waals surface area contributed by atoms with Crippen LogP contribution in [0.25, 0.3) is 10.8 Å². The van der Waals surface area contributed by atoms with Gasteiger partial charge in [0.1, 0.15) is 5.60 Å². The number of carbonyl (C=O) groups excluding carboxylic acids is 2. The van der Waals surface area contributed by atoms with Crippen LogP contribution >= 0.6 is 0 Å². The molecule has 1 aliphatic heterocycles. The highest BCUT2D eigenvalue weighted by Gasteiger charge is 2.59. The number of imide groups is 1. The van der Waals surface area contributed by atoms with Gasteiger partial charge in [-0.25, -0.2) is 14.5 Å². The first-order chi connectivity index (χ1) is 15.6. The van der Waals surface area contributed by atoms with Crippen LogP contribution in [-0.4, -0.2) is 39.1 Å². The number of likely N-dealkylation sites (tertiary alicyclic amines) is 1. The second-order valence-corrected chi connectivity index (χ2v) is 10.5. The number of fused-ring (bicyclic) bond motifs is 2. The second-order valence-electron chi connectivity index (χ2n) is 10.5. The highest BCUT2D eigenvalue weighted by molar-refractivity contribution is 6.02. The number of rotatable bonds is 4. The molecule has 0 aromatic heterocycles.